The van der Waals surface area contributed by atoms with Crippen molar-refractivity contribution in [2.24, 2.45) is 0 Å². The lowest BCUT2D eigenvalue weighted by Crippen LogP contribution is -2.41. The molecule has 0 atom stereocenters. The van der Waals surface area contributed by atoms with Crippen molar-refractivity contribution in [1.82, 2.24) is 9.80 Å². The third-order valence-electron chi connectivity index (χ3n) is 5.05. The molecular formula is C19H28N4O2. The fourth-order valence-electron chi connectivity index (χ4n) is 3.56. The Hall–Kier alpha value is -2.08. The summed E-state index contributed by atoms with van der Waals surface area (Å²) in [5, 5.41) is 2.85. The fraction of sp³-hybridized carbons (Fsp3) is 0.579. The monoisotopic (exact) mass is 344 g/mol. The Labute approximate surface area is 149 Å². The lowest BCUT2D eigenvalue weighted by molar-refractivity contribution is -0.143. The predicted octanol–water partition coefficient (Wildman–Crippen LogP) is 1.78. The molecule has 0 aliphatic carbocycles. The van der Waals surface area contributed by atoms with Gasteiger partial charge in [0.25, 0.3) is 0 Å². The van der Waals surface area contributed by atoms with Crippen LogP contribution in [0, 0.1) is 0 Å². The largest absolute Gasteiger partial charge is 0.370 e. The quantitative estimate of drug-likeness (QED) is 0.831. The lowest BCUT2D eigenvalue weighted by Gasteiger charge is -2.30. The van der Waals surface area contributed by atoms with Crippen LogP contribution in [-0.2, 0) is 9.59 Å². The first-order valence-electron chi connectivity index (χ1n) is 9.28. The number of carbonyl (C=O) groups excluding carboxylic acids is 2. The average molecular weight is 344 g/mol. The number of amides is 2. The summed E-state index contributed by atoms with van der Waals surface area (Å²) in [4.78, 5) is 31.2. The number of nitrogens with one attached hydrogen (secondary N) is 1. The first-order valence-corrected chi connectivity index (χ1v) is 9.28. The molecule has 25 heavy (non-hydrogen) atoms. The molecule has 0 unspecified atom stereocenters. The van der Waals surface area contributed by atoms with E-state index in [2.05, 4.69) is 15.1 Å². The van der Waals surface area contributed by atoms with Gasteiger partial charge in [0.1, 0.15) is 0 Å². The molecule has 2 amide bonds. The molecule has 3 rings (SSSR count). The Kier molecular flexibility index (Phi) is 5.91. The maximum Gasteiger partial charge on any atom is 0.313 e. The SMILES string of the molecule is CN1CCCN(C(=O)C(=O)Nc2ccccc2N2CCCCC2)CC1. The second-order valence-electron chi connectivity index (χ2n) is 6.97. The zero-order valence-corrected chi connectivity index (χ0v) is 15.0. The Balaban J connectivity index is 1.67. The van der Waals surface area contributed by atoms with Gasteiger partial charge in [0, 0.05) is 32.7 Å². The van der Waals surface area contributed by atoms with E-state index >= 15 is 0 Å². The van der Waals surface area contributed by atoms with Gasteiger partial charge in [-0.15, -0.1) is 0 Å². The smallest absolute Gasteiger partial charge is 0.313 e. The molecule has 0 saturated carbocycles. The van der Waals surface area contributed by atoms with E-state index in [9.17, 15) is 9.59 Å². The minimum Gasteiger partial charge on any atom is -0.370 e. The maximum absolute atomic E-state index is 12.5. The van der Waals surface area contributed by atoms with Gasteiger partial charge >= 0.3 is 11.8 Å². The van der Waals surface area contributed by atoms with E-state index < -0.39 is 11.8 Å². The molecule has 2 aliphatic heterocycles. The van der Waals surface area contributed by atoms with Crippen LogP contribution in [0.15, 0.2) is 24.3 Å². The number of para-hydroxylation sites is 2. The summed E-state index contributed by atoms with van der Waals surface area (Å²) in [6.07, 6.45) is 4.50. The summed E-state index contributed by atoms with van der Waals surface area (Å²) in [6, 6.07) is 7.78. The molecule has 0 bridgehead atoms. The Morgan fingerprint density at radius 1 is 0.880 bits per heavy atom. The topological polar surface area (TPSA) is 55.9 Å². The Bertz CT molecular complexity index is 613. The van der Waals surface area contributed by atoms with Crippen molar-refractivity contribution in [3.63, 3.8) is 0 Å². The summed E-state index contributed by atoms with van der Waals surface area (Å²) >= 11 is 0. The summed E-state index contributed by atoms with van der Waals surface area (Å²) in [5.41, 5.74) is 1.74. The lowest BCUT2D eigenvalue weighted by atomic mass is 10.1. The van der Waals surface area contributed by atoms with Crippen LogP contribution >= 0.6 is 0 Å². The van der Waals surface area contributed by atoms with Crippen molar-refractivity contribution in [3.8, 4) is 0 Å². The van der Waals surface area contributed by atoms with Crippen LogP contribution in [-0.4, -0.2) is 67.9 Å². The molecule has 1 aromatic rings. The number of nitrogens with zero attached hydrogens (tertiary/aromatic N) is 3. The highest BCUT2D eigenvalue weighted by molar-refractivity contribution is 6.39. The second-order valence-corrected chi connectivity index (χ2v) is 6.97. The molecule has 0 aromatic heterocycles. The zero-order chi connectivity index (χ0) is 17.6. The summed E-state index contributed by atoms with van der Waals surface area (Å²) in [5.74, 6) is -0.960. The maximum atomic E-state index is 12.5. The summed E-state index contributed by atoms with van der Waals surface area (Å²) in [6.45, 7) is 5.02. The molecule has 2 heterocycles. The number of piperidine rings is 1. The number of rotatable bonds is 2. The molecule has 6 nitrogen and oxygen atoms in total. The standard InChI is InChI=1S/C19H28N4O2/c1-21-10-7-13-23(15-14-21)19(25)18(24)20-16-8-3-4-9-17(16)22-11-5-2-6-12-22/h3-4,8-9H,2,5-7,10-15H2,1H3,(H,20,24). The van der Waals surface area contributed by atoms with Crippen LogP contribution in [0.3, 0.4) is 0 Å². The molecular weight excluding hydrogens is 316 g/mol. The normalized spacial score (nSPS) is 19.4. The number of anilines is 2. The molecule has 136 valence electrons. The van der Waals surface area contributed by atoms with Crippen LogP contribution in [0.5, 0.6) is 0 Å². The minimum atomic E-state index is -0.533. The summed E-state index contributed by atoms with van der Waals surface area (Å²) < 4.78 is 0. The van der Waals surface area contributed by atoms with Crippen LogP contribution in [0.1, 0.15) is 25.7 Å². The van der Waals surface area contributed by atoms with E-state index in [1.165, 1.54) is 19.3 Å². The third-order valence-corrected chi connectivity index (χ3v) is 5.05. The first-order chi connectivity index (χ1) is 12.1. The highest BCUT2D eigenvalue weighted by atomic mass is 16.2. The average Bonchev–Trinajstić information content (AvgIpc) is 2.87. The third kappa shape index (κ3) is 4.51. The van der Waals surface area contributed by atoms with Gasteiger partial charge in [-0.1, -0.05) is 12.1 Å². The molecule has 2 aliphatic rings. The van der Waals surface area contributed by atoms with E-state index in [1.54, 1.807) is 4.90 Å². The second kappa shape index (κ2) is 8.34. The highest BCUT2D eigenvalue weighted by Gasteiger charge is 2.25. The molecule has 2 saturated heterocycles. The van der Waals surface area contributed by atoms with Crippen LogP contribution in [0.25, 0.3) is 0 Å². The van der Waals surface area contributed by atoms with Gasteiger partial charge in [0.2, 0.25) is 0 Å². The van der Waals surface area contributed by atoms with Crippen molar-refractivity contribution in [3.05, 3.63) is 24.3 Å². The van der Waals surface area contributed by atoms with Gasteiger partial charge < -0.3 is 20.0 Å². The number of hydrogen-bond donors (Lipinski definition) is 1. The molecule has 1 aromatic carbocycles. The first kappa shape index (κ1) is 17.7. The molecule has 0 radical (unpaired) electrons. The van der Waals surface area contributed by atoms with Gasteiger partial charge in [-0.2, -0.15) is 0 Å². The number of benzene rings is 1. The predicted molar refractivity (Wildman–Crippen MR) is 99.8 cm³/mol. The van der Waals surface area contributed by atoms with Crippen LogP contribution in [0.4, 0.5) is 11.4 Å². The van der Waals surface area contributed by atoms with Crippen LogP contribution < -0.4 is 10.2 Å². The van der Waals surface area contributed by atoms with E-state index in [1.807, 2.05) is 31.3 Å². The van der Waals surface area contributed by atoms with Gasteiger partial charge in [-0.05, 0) is 51.4 Å². The Morgan fingerprint density at radius 3 is 2.44 bits per heavy atom. The van der Waals surface area contributed by atoms with E-state index in [0.717, 1.165) is 44.0 Å². The van der Waals surface area contributed by atoms with Crippen molar-refractivity contribution in [2.75, 3.05) is 56.5 Å². The van der Waals surface area contributed by atoms with Crippen molar-refractivity contribution >= 4 is 23.2 Å². The zero-order valence-electron chi connectivity index (χ0n) is 15.0. The minimum absolute atomic E-state index is 0.427. The van der Waals surface area contributed by atoms with Gasteiger partial charge in [0.05, 0.1) is 11.4 Å². The molecule has 1 N–H and O–H groups in total. The number of likely N-dealkylation sites (N-methyl/N-ethyl adjacent to an activating group) is 1. The van der Waals surface area contributed by atoms with Gasteiger partial charge in [-0.3, -0.25) is 9.59 Å². The fourth-order valence-corrected chi connectivity index (χ4v) is 3.56. The van der Waals surface area contributed by atoms with Crippen molar-refractivity contribution < 1.29 is 9.59 Å². The van der Waals surface area contributed by atoms with E-state index in [-0.39, 0.29) is 0 Å². The van der Waals surface area contributed by atoms with Crippen molar-refractivity contribution in [1.29, 1.82) is 0 Å². The number of hydrogen-bond acceptors (Lipinski definition) is 4. The van der Waals surface area contributed by atoms with Gasteiger partial charge in [0.15, 0.2) is 0 Å². The Morgan fingerprint density at radius 2 is 1.64 bits per heavy atom. The number of carbonyl (C=O) groups is 2. The van der Waals surface area contributed by atoms with E-state index in [0.29, 0.717) is 13.1 Å². The molecule has 6 heteroatoms. The van der Waals surface area contributed by atoms with E-state index in [4.69, 9.17) is 0 Å². The van der Waals surface area contributed by atoms with Crippen LogP contribution in [0.2, 0.25) is 0 Å². The summed E-state index contributed by atoms with van der Waals surface area (Å²) in [7, 11) is 2.04. The van der Waals surface area contributed by atoms with Crippen molar-refractivity contribution in [2.45, 2.75) is 25.7 Å². The molecule has 0 spiro atoms. The highest BCUT2D eigenvalue weighted by Crippen LogP contribution is 2.28. The van der Waals surface area contributed by atoms with Gasteiger partial charge in [-0.25, -0.2) is 0 Å². The molecule has 2 fully saturated rings.